The number of aromatic nitrogens is 1. The van der Waals surface area contributed by atoms with Gasteiger partial charge in [-0.25, -0.2) is 0 Å². The van der Waals surface area contributed by atoms with Gasteiger partial charge in [0.1, 0.15) is 0 Å². The molecular formula is C16H20BrN5O2. The third-order valence-electron chi connectivity index (χ3n) is 3.64. The van der Waals surface area contributed by atoms with Crippen molar-refractivity contribution in [2.24, 2.45) is 12.0 Å². The summed E-state index contributed by atoms with van der Waals surface area (Å²) in [6.07, 6.45) is 2.01. The van der Waals surface area contributed by atoms with Crippen molar-refractivity contribution in [1.29, 1.82) is 0 Å². The molecule has 1 aromatic heterocycles. The van der Waals surface area contributed by atoms with Crippen LogP contribution in [0.5, 0.6) is 0 Å². The lowest BCUT2D eigenvalue weighted by Gasteiger charge is -2.22. The van der Waals surface area contributed by atoms with E-state index in [1.807, 2.05) is 25.2 Å². The first kappa shape index (κ1) is 18.0. The minimum absolute atomic E-state index is 0.0922. The van der Waals surface area contributed by atoms with Crippen LogP contribution in [0.15, 0.2) is 46.0 Å². The second-order valence-electron chi connectivity index (χ2n) is 5.44. The van der Waals surface area contributed by atoms with Crippen LogP contribution in [0, 0.1) is 10.1 Å². The highest BCUT2D eigenvalue weighted by Gasteiger charge is 2.10. The molecule has 8 heteroatoms. The van der Waals surface area contributed by atoms with E-state index in [9.17, 15) is 10.1 Å². The molecule has 0 amide bonds. The largest absolute Gasteiger partial charge is 0.352 e. The third-order valence-corrected chi connectivity index (χ3v) is 4.08. The fraction of sp³-hybridized carbons (Fsp3) is 0.312. The molecule has 0 aliphatic carbocycles. The normalized spacial score (nSPS) is 11.4. The maximum absolute atomic E-state index is 10.7. The lowest BCUT2D eigenvalue weighted by molar-refractivity contribution is -0.384. The Morgan fingerprint density at radius 2 is 2.08 bits per heavy atom. The van der Waals surface area contributed by atoms with Gasteiger partial charge in [0.2, 0.25) is 0 Å². The minimum Gasteiger partial charge on any atom is -0.352 e. The molecule has 0 aliphatic heterocycles. The molecule has 2 rings (SSSR count). The van der Waals surface area contributed by atoms with Gasteiger partial charge < -0.3 is 14.8 Å². The molecule has 0 saturated carbocycles. The second kappa shape index (κ2) is 7.96. The van der Waals surface area contributed by atoms with Crippen molar-refractivity contribution < 1.29 is 4.92 Å². The average Bonchev–Trinajstić information content (AvgIpc) is 2.85. The van der Waals surface area contributed by atoms with Gasteiger partial charge in [0.05, 0.1) is 11.5 Å². The molecule has 0 aliphatic rings. The van der Waals surface area contributed by atoms with Crippen LogP contribution >= 0.6 is 15.9 Å². The van der Waals surface area contributed by atoms with Gasteiger partial charge in [-0.2, -0.15) is 0 Å². The zero-order valence-corrected chi connectivity index (χ0v) is 15.4. The smallest absolute Gasteiger partial charge is 0.269 e. The van der Waals surface area contributed by atoms with E-state index in [0.29, 0.717) is 13.1 Å². The summed E-state index contributed by atoms with van der Waals surface area (Å²) in [5.41, 5.74) is 2.20. The SMILES string of the molecule is CN=C(NCc1ccc([N+](=O)[O-])cc1)N(C)Cc1cc(Br)cn1C. The number of hydrogen-bond acceptors (Lipinski definition) is 3. The molecule has 0 unspecified atom stereocenters. The average molecular weight is 394 g/mol. The van der Waals surface area contributed by atoms with Crippen LogP contribution in [-0.4, -0.2) is 34.4 Å². The van der Waals surface area contributed by atoms with E-state index in [-0.39, 0.29) is 5.69 Å². The summed E-state index contributed by atoms with van der Waals surface area (Å²) in [5.74, 6) is 0.755. The first-order chi connectivity index (χ1) is 11.4. The lowest BCUT2D eigenvalue weighted by atomic mass is 10.2. The van der Waals surface area contributed by atoms with Crippen molar-refractivity contribution in [2.75, 3.05) is 14.1 Å². The van der Waals surface area contributed by atoms with Crippen LogP contribution in [0.2, 0.25) is 0 Å². The Hall–Kier alpha value is -2.35. The quantitative estimate of drug-likeness (QED) is 0.366. The van der Waals surface area contributed by atoms with Gasteiger partial charge in [0, 0.05) is 56.2 Å². The Balaban J connectivity index is 1.96. The molecule has 0 bridgehead atoms. The highest BCUT2D eigenvalue weighted by molar-refractivity contribution is 9.10. The number of rotatable bonds is 5. The molecule has 128 valence electrons. The number of nitrogens with zero attached hydrogens (tertiary/aromatic N) is 4. The number of halogens is 1. The first-order valence-corrected chi connectivity index (χ1v) is 8.16. The highest BCUT2D eigenvalue weighted by atomic mass is 79.9. The van der Waals surface area contributed by atoms with Crippen LogP contribution in [0.25, 0.3) is 0 Å². The van der Waals surface area contributed by atoms with E-state index >= 15 is 0 Å². The fourth-order valence-electron chi connectivity index (χ4n) is 2.34. The van der Waals surface area contributed by atoms with Crippen molar-refractivity contribution >= 4 is 27.6 Å². The topological polar surface area (TPSA) is 75.7 Å². The maximum atomic E-state index is 10.7. The number of nitro groups is 1. The summed E-state index contributed by atoms with van der Waals surface area (Å²) in [5, 5.41) is 13.9. The molecule has 1 N–H and O–H groups in total. The molecule has 0 saturated heterocycles. The van der Waals surface area contributed by atoms with Gasteiger partial charge in [-0.1, -0.05) is 12.1 Å². The third kappa shape index (κ3) is 4.58. The molecule has 1 heterocycles. The Morgan fingerprint density at radius 3 is 2.58 bits per heavy atom. The number of nitrogens with one attached hydrogen (secondary N) is 1. The van der Waals surface area contributed by atoms with Gasteiger partial charge in [-0.15, -0.1) is 0 Å². The highest BCUT2D eigenvalue weighted by Crippen LogP contribution is 2.15. The standard InChI is InChI=1S/C16H20BrN5O2/c1-18-16(21(3)11-15-8-13(17)10-20(15)2)19-9-12-4-6-14(7-5-12)22(23)24/h4-8,10H,9,11H2,1-3H3,(H,18,19). The monoisotopic (exact) mass is 393 g/mol. The van der Waals surface area contributed by atoms with E-state index in [1.54, 1.807) is 19.2 Å². The van der Waals surface area contributed by atoms with E-state index in [2.05, 4.69) is 36.9 Å². The van der Waals surface area contributed by atoms with Crippen LogP contribution in [0.3, 0.4) is 0 Å². The molecular weight excluding hydrogens is 374 g/mol. The predicted octanol–water partition coefficient (Wildman–Crippen LogP) is 2.90. The zero-order valence-electron chi connectivity index (χ0n) is 13.9. The number of nitro benzene ring substituents is 1. The van der Waals surface area contributed by atoms with Crippen LogP contribution < -0.4 is 5.32 Å². The van der Waals surface area contributed by atoms with Crippen molar-refractivity contribution in [1.82, 2.24) is 14.8 Å². The van der Waals surface area contributed by atoms with Crippen molar-refractivity contribution in [3.63, 3.8) is 0 Å². The molecule has 0 spiro atoms. The minimum atomic E-state index is -0.401. The first-order valence-electron chi connectivity index (χ1n) is 7.36. The van der Waals surface area contributed by atoms with Gasteiger partial charge in [0.15, 0.2) is 5.96 Å². The van der Waals surface area contributed by atoms with E-state index in [4.69, 9.17) is 0 Å². The Bertz CT molecular complexity index is 739. The second-order valence-corrected chi connectivity index (χ2v) is 6.36. The number of aryl methyl sites for hydroxylation is 1. The summed E-state index contributed by atoms with van der Waals surface area (Å²) in [6.45, 7) is 1.26. The van der Waals surface area contributed by atoms with Gasteiger partial charge >= 0.3 is 0 Å². The van der Waals surface area contributed by atoms with Gasteiger partial charge in [-0.3, -0.25) is 15.1 Å². The van der Waals surface area contributed by atoms with E-state index < -0.39 is 4.92 Å². The lowest BCUT2D eigenvalue weighted by Crippen LogP contribution is -2.38. The molecule has 0 radical (unpaired) electrons. The number of non-ortho nitro benzene ring substituents is 1. The predicted molar refractivity (Wildman–Crippen MR) is 97.9 cm³/mol. The number of hydrogen-bond donors (Lipinski definition) is 1. The molecule has 2 aromatic rings. The van der Waals surface area contributed by atoms with Crippen molar-refractivity contribution in [3.05, 3.63) is 62.4 Å². The number of guanidine groups is 1. The molecule has 0 fully saturated rings. The molecule has 24 heavy (non-hydrogen) atoms. The van der Waals surface area contributed by atoms with Gasteiger partial charge in [-0.05, 0) is 27.6 Å². The Kier molecular flexibility index (Phi) is 5.97. The summed E-state index contributed by atoms with van der Waals surface area (Å²) in [6, 6.07) is 8.57. The number of aliphatic imine (C=N–C) groups is 1. The van der Waals surface area contributed by atoms with Gasteiger partial charge in [0.25, 0.3) is 5.69 Å². The summed E-state index contributed by atoms with van der Waals surface area (Å²) >= 11 is 3.47. The Labute approximate surface area is 149 Å². The molecule has 0 atom stereocenters. The molecule has 7 nitrogen and oxygen atoms in total. The van der Waals surface area contributed by atoms with E-state index in [1.165, 1.54) is 12.1 Å². The van der Waals surface area contributed by atoms with Crippen LogP contribution in [-0.2, 0) is 20.1 Å². The zero-order chi connectivity index (χ0) is 17.7. The van der Waals surface area contributed by atoms with Crippen LogP contribution in [0.4, 0.5) is 5.69 Å². The Morgan fingerprint density at radius 1 is 1.42 bits per heavy atom. The maximum Gasteiger partial charge on any atom is 0.269 e. The summed E-state index contributed by atoms with van der Waals surface area (Å²) in [7, 11) is 5.70. The summed E-state index contributed by atoms with van der Waals surface area (Å²) in [4.78, 5) is 16.6. The van der Waals surface area contributed by atoms with Crippen molar-refractivity contribution in [2.45, 2.75) is 13.1 Å². The molecule has 1 aromatic carbocycles. The van der Waals surface area contributed by atoms with Crippen molar-refractivity contribution in [3.8, 4) is 0 Å². The summed E-state index contributed by atoms with van der Waals surface area (Å²) < 4.78 is 3.10. The van der Waals surface area contributed by atoms with E-state index in [0.717, 1.165) is 21.7 Å². The number of benzene rings is 1. The van der Waals surface area contributed by atoms with Crippen LogP contribution in [0.1, 0.15) is 11.3 Å². The fourth-order valence-corrected chi connectivity index (χ4v) is 2.91.